The van der Waals surface area contributed by atoms with Crippen LogP contribution < -0.4 is 0 Å². The number of halogens is 6. The van der Waals surface area contributed by atoms with Gasteiger partial charge in [0.1, 0.15) is 39.1 Å². The highest BCUT2D eigenvalue weighted by molar-refractivity contribution is 5.82. The summed E-state index contributed by atoms with van der Waals surface area (Å²) in [6.07, 6.45) is -6.18. The molecule has 0 bridgehead atoms. The predicted octanol–water partition coefficient (Wildman–Crippen LogP) is 9.57. The van der Waals surface area contributed by atoms with Gasteiger partial charge in [0.25, 0.3) is 0 Å². The quantitative estimate of drug-likeness (QED) is 0.0211. The van der Waals surface area contributed by atoms with Crippen molar-refractivity contribution in [3.05, 3.63) is 0 Å². The van der Waals surface area contributed by atoms with Crippen molar-refractivity contribution in [1.82, 2.24) is 0 Å². The lowest BCUT2D eigenvalue weighted by Gasteiger charge is -2.35. The van der Waals surface area contributed by atoms with Crippen LogP contribution in [0.4, 0.5) is 26.3 Å². The van der Waals surface area contributed by atoms with Crippen LogP contribution in [0.5, 0.6) is 0 Å². The summed E-state index contributed by atoms with van der Waals surface area (Å²) in [4.78, 5) is 93.9. The van der Waals surface area contributed by atoms with Crippen molar-refractivity contribution < 1.29 is 128 Å². The van der Waals surface area contributed by atoms with Gasteiger partial charge in [-0.05, 0) is 162 Å². The molecule has 518 valence electrons. The van der Waals surface area contributed by atoms with Crippen molar-refractivity contribution in [3.63, 3.8) is 0 Å². The lowest BCUT2D eigenvalue weighted by molar-refractivity contribution is -0.357. The van der Waals surface area contributed by atoms with Crippen LogP contribution in [0.25, 0.3) is 0 Å². The first-order chi connectivity index (χ1) is 39.1. The van der Waals surface area contributed by atoms with Crippen molar-refractivity contribution in [2.24, 2.45) is 38.4 Å². The van der Waals surface area contributed by atoms with Gasteiger partial charge in [-0.3, -0.25) is 19.2 Å². The zero-order valence-electron chi connectivity index (χ0n) is 56.3. The minimum atomic E-state index is -6.32. The van der Waals surface area contributed by atoms with Crippen LogP contribution in [0, 0.1) is 38.4 Å². The Balaban J connectivity index is -0.00000111. The zero-order chi connectivity index (χ0) is 70.5. The third-order valence-electron chi connectivity index (χ3n) is 14.5. The number of ether oxygens (including phenoxy) is 8. The number of hydrogen-bond acceptors (Lipinski definition) is 21. The first kappa shape index (κ1) is 87.3. The zero-order valence-corrected chi connectivity index (χ0v) is 56.3. The number of esters is 8. The van der Waals surface area contributed by atoms with E-state index in [0.717, 1.165) is 19.3 Å². The molecule has 0 saturated heterocycles. The van der Waals surface area contributed by atoms with E-state index in [0.29, 0.717) is 25.2 Å². The molecule has 1 aliphatic carbocycles. The molecule has 0 aromatic heterocycles. The van der Waals surface area contributed by atoms with Crippen LogP contribution in [0.1, 0.15) is 211 Å². The average molecular weight is 1290 g/mol. The fourth-order valence-corrected chi connectivity index (χ4v) is 6.22. The monoisotopic (exact) mass is 1290 g/mol. The minimum absolute atomic E-state index is 0.0790. The first-order valence-electron chi connectivity index (χ1n) is 29.2. The van der Waals surface area contributed by atoms with Gasteiger partial charge in [0.05, 0.1) is 45.9 Å². The van der Waals surface area contributed by atoms with E-state index in [1.165, 1.54) is 68.2 Å². The molecule has 0 aromatic carbocycles. The second kappa shape index (κ2) is 34.0. The van der Waals surface area contributed by atoms with Gasteiger partial charge in [-0.25, -0.2) is 19.2 Å². The summed E-state index contributed by atoms with van der Waals surface area (Å²) in [5.41, 5.74) is -15.6. The Labute approximate surface area is 516 Å². The maximum absolute atomic E-state index is 12.3. The van der Waals surface area contributed by atoms with E-state index < -0.39 is 122 Å². The Morgan fingerprint density at radius 1 is 0.375 bits per heavy atom. The largest absolute Gasteiger partial charge is 0.465 e. The molecule has 1 atom stereocenters. The predicted molar refractivity (Wildman–Crippen MR) is 309 cm³/mol. The van der Waals surface area contributed by atoms with Gasteiger partial charge in [0, 0.05) is 5.41 Å². The highest BCUT2D eigenvalue weighted by Gasteiger charge is 2.76. The van der Waals surface area contributed by atoms with Crippen LogP contribution in [-0.2, 0) is 76.3 Å². The number of rotatable bonds is 28. The van der Waals surface area contributed by atoms with Crippen LogP contribution in [0.15, 0.2) is 0 Å². The standard InChI is InChI=1S/C19H34O8.C15H28O5.C15H28O3.C12H16F6O5/c1-9-16(2,3)13(20)25-10-19(8,11-26-14(21)17(4,5)23)12-27-15(22)18(6,7)24;1-8-14(4,5)11(16)19-9-13(2,3)10-20-12(17)15(6,7)18;1-6-14(2,3)13(16)18-12(15(4,5)17)11-9-7-8-10-11;1-4-9(2,3)7(19)22-5-6-23-8(20)10(21,11(13,14)15)12(16,17)18/h23-24H,9-12H2,1-8H3;18H,8-10H2,1-7H3;11-12,17H,6-10H2,1-5H3;21H,4-6H2,1-3H3. The second-order valence-electron chi connectivity index (χ2n) is 28.0. The summed E-state index contributed by atoms with van der Waals surface area (Å²) < 4.78 is 114. The van der Waals surface area contributed by atoms with E-state index in [9.17, 15) is 85.1 Å². The highest BCUT2D eigenvalue weighted by atomic mass is 19.4. The normalized spacial score (nSPS) is 14.6. The van der Waals surface area contributed by atoms with Gasteiger partial charge in [0.2, 0.25) is 0 Å². The molecule has 27 heteroatoms. The first-order valence-corrected chi connectivity index (χ1v) is 29.2. The van der Waals surface area contributed by atoms with Crippen LogP contribution in [0.3, 0.4) is 0 Å². The maximum atomic E-state index is 12.3. The molecule has 0 radical (unpaired) electrons. The van der Waals surface area contributed by atoms with Gasteiger partial charge in [-0.1, -0.05) is 54.4 Å². The Morgan fingerprint density at radius 2 is 0.625 bits per heavy atom. The summed E-state index contributed by atoms with van der Waals surface area (Å²) >= 11 is 0. The van der Waals surface area contributed by atoms with Gasteiger partial charge in [-0.15, -0.1) is 0 Å². The SMILES string of the molecule is CCC(C)(C)C(=O)OC(C1CCCC1)C(C)(C)O.CCC(C)(C)C(=O)OCC(C)(C)COC(=O)C(C)(C)O.CCC(C)(C)C(=O)OCC(C)(COC(=O)C(C)(C)O)COC(=O)C(C)(C)O.CCC(C)(C)C(=O)OCCOC(=O)C(O)(C(F)(F)F)C(F)(F)F. The lowest BCUT2D eigenvalue weighted by atomic mass is 9.86. The Morgan fingerprint density at radius 3 is 0.898 bits per heavy atom. The molecule has 0 heterocycles. The molecule has 0 amide bonds. The van der Waals surface area contributed by atoms with Crippen molar-refractivity contribution in [2.75, 3.05) is 46.2 Å². The summed E-state index contributed by atoms with van der Waals surface area (Å²) in [5.74, 6) is -6.69. The van der Waals surface area contributed by atoms with E-state index in [4.69, 9.17) is 33.5 Å². The van der Waals surface area contributed by atoms with Crippen LogP contribution in [-0.4, -0.2) is 166 Å². The fraction of sp³-hybridized carbons (Fsp3) is 0.869. The molecule has 21 nitrogen and oxygen atoms in total. The molecule has 0 spiro atoms. The molecular formula is C61H106F6O21. The summed E-state index contributed by atoms with van der Waals surface area (Å²) in [7, 11) is 0. The van der Waals surface area contributed by atoms with E-state index in [2.05, 4.69) is 9.47 Å². The average Bonchev–Trinajstić information content (AvgIpc) is 4.01. The Kier molecular flexibility index (Phi) is 33.7. The van der Waals surface area contributed by atoms with Crippen molar-refractivity contribution >= 4 is 47.8 Å². The molecule has 88 heavy (non-hydrogen) atoms. The van der Waals surface area contributed by atoms with Crippen LogP contribution in [0.2, 0.25) is 0 Å². The van der Waals surface area contributed by atoms with Crippen LogP contribution >= 0.6 is 0 Å². The molecule has 0 aromatic rings. The number of carbonyl (C=O) groups is 8. The summed E-state index contributed by atoms with van der Waals surface area (Å²) in [6.45, 7) is 35.7. The van der Waals surface area contributed by atoms with Crippen molar-refractivity contribution in [1.29, 1.82) is 0 Å². The molecule has 1 saturated carbocycles. The lowest BCUT2D eigenvalue weighted by Crippen LogP contribution is -2.63. The third-order valence-corrected chi connectivity index (χ3v) is 14.5. The number of alkyl halides is 6. The van der Waals surface area contributed by atoms with Gasteiger partial charge >= 0.3 is 65.7 Å². The number of aliphatic hydroxyl groups is 5. The fourth-order valence-electron chi connectivity index (χ4n) is 6.22. The number of carbonyl (C=O) groups excluding carboxylic acids is 8. The smallest absolute Gasteiger partial charge is 0.437 e. The highest BCUT2D eigenvalue weighted by Crippen LogP contribution is 2.44. The number of hydrogen-bond donors (Lipinski definition) is 5. The molecule has 1 rings (SSSR count). The molecule has 1 fully saturated rings. The van der Waals surface area contributed by atoms with Gasteiger partial charge < -0.3 is 63.4 Å². The van der Waals surface area contributed by atoms with E-state index >= 15 is 0 Å². The Hall–Kier alpha value is -4.86. The topological polar surface area (TPSA) is 312 Å². The maximum Gasteiger partial charge on any atom is 0.437 e. The van der Waals surface area contributed by atoms with E-state index in [1.807, 2.05) is 62.3 Å². The second-order valence-corrected chi connectivity index (χ2v) is 28.0. The van der Waals surface area contributed by atoms with E-state index in [-0.39, 0.29) is 51.1 Å². The van der Waals surface area contributed by atoms with Gasteiger partial charge in [-0.2, -0.15) is 26.3 Å². The minimum Gasteiger partial charge on any atom is -0.465 e. The molecule has 1 aliphatic rings. The molecule has 1 unspecified atom stereocenters. The Bertz CT molecular complexity index is 2190. The van der Waals surface area contributed by atoms with Crippen molar-refractivity contribution in [3.8, 4) is 0 Å². The molecule has 5 N–H and O–H groups in total. The molecular weight excluding hydrogens is 1180 g/mol. The van der Waals surface area contributed by atoms with Gasteiger partial charge in [0.15, 0.2) is 16.8 Å². The van der Waals surface area contributed by atoms with Crippen molar-refractivity contribution in [2.45, 2.75) is 257 Å². The van der Waals surface area contributed by atoms with E-state index in [1.54, 1.807) is 41.5 Å². The summed E-state index contributed by atoms with van der Waals surface area (Å²) in [6, 6.07) is 0. The third kappa shape index (κ3) is 30.3. The summed E-state index contributed by atoms with van der Waals surface area (Å²) in [5, 5.41) is 47.8. The molecule has 0 aliphatic heterocycles.